The molecule has 2 aliphatic rings. The summed E-state index contributed by atoms with van der Waals surface area (Å²) < 4.78 is 39.9. The van der Waals surface area contributed by atoms with Crippen molar-refractivity contribution in [3.05, 3.63) is 29.5 Å². The van der Waals surface area contributed by atoms with Crippen LogP contribution in [0.1, 0.15) is 19.3 Å². The van der Waals surface area contributed by atoms with E-state index in [0.717, 1.165) is 32.4 Å². The predicted molar refractivity (Wildman–Crippen MR) is 110 cm³/mol. The maximum Gasteiger partial charge on any atom is 0.355 e. The SMILES string of the molecule is COC(=O)C1=C(C(=O)OC)N(c2ccc(S(C)(=O)=O)c(N3CCCCC3)c2)COC1. The molecule has 2 aliphatic heterocycles. The van der Waals surface area contributed by atoms with Gasteiger partial charge in [-0.25, -0.2) is 18.0 Å². The van der Waals surface area contributed by atoms with Crippen molar-refractivity contribution >= 4 is 33.2 Å². The van der Waals surface area contributed by atoms with E-state index in [1.807, 2.05) is 4.90 Å². The number of piperidine rings is 1. The van der Waals surface area contributed by atoms with Gasteiger partial charge in [-0.05, 0) is 37.5 Å². The van der Waals surface area contributed by atoms with Gasteiger partial charge in [-0.15, -0.1) is 0 Å². The highest BCUT2D eigenvalue weighted by Gasteiger charge is 2.33. The largest absolute Gasteiger partial charge is 0.466 e. The van der Waals surface area contributed by atoms with E-state index in [-0.39, 0.29) is 29.5 Å². The van der Waals surface area contributed by atoms with Crippen LogP contribution in [0.2, 0.25) is 0 Å². The average molecular weight is 439 g/mol. The van der Waals surface area contributed by atoms with Crippen LogP contribution in [-0.2, 0) is 33.6 Å². The lowest BCUT2D eigenvalue weighted by Crippen LogP contribution is -2.39. The standard InChI is InChI=1S/C20H26N2O7S/c1-27-19(23)15-12-29-13-22(18(15)20(24)28-2)14-7-8-17(30(3,25)26)16(11-14)21-9-5-4-6-10-21/h7-8,11H,4-6,9-10,12-13H2,1-3H3. The van der Waals surface area contributed by atoms with E-state index >= 15 is 0 Å². The molecule has 0 saturated carbocycles. The zero-order chi connectivity index (χ0) is 21.9. The molecule has 0 amide bonds. The second kappa shape index (κ2) is 9.05. The predicted octanol–water partition coefficient (Wildman–Crippen LogP) is 1.47. The first-order valence-corrected chi connectivity index (χ1v) is 11.5. The molecule has 0 aliphatic carbocycles. The molecule has 10 heteroatoms. The average Bonchev–Trinajstić information content (AvgIpc) is 2.77. The summed E-state index contributed by atoms with van der Waals surface area (Å²) in [7, 11) is -1.02. The number of sulfone groups is 1. The molecule has 30 heavy (non-hydrogen) atoms. The molecular weight excluding hydrogens is 412 g/mol. The van der Waals surface area contributed by atoms with Crippen molar-refractivity contribution in [1.29, 1.82) is 0 Å². The van der Waals surface area contributed by atoms with Crippen molar-refractivity contribution in [1.82, 2.24) is 0 Å². The van der Waals surface area contributed by atoms with E-state index < -0.39 is 21.8 Å². The van der Waals surface area contributed by atoms with Gasteiger partial charge in [0, 0.05) is 25.0 Å². The lowest BCUT2D eigenvalue weighted by atomic mass is 10.1. The van der Waals surface area contributed by atoms with Crippen LogP contribution >= 0.6 is 0 Å². The van der Waals surface area contributed by atoms with Crippen LogP contribution in [0.25, 0.3) is 0 Å². The van der Waals surface area contributed by atoms with Gasteiger partial charge in [0.15, 0.2) is 9.84 Å². The minimum Gasteiger partial charge on any atom is -0.466 e. The maximum absolute atomic E-state index is 12.5. The molecule has 0 N–H and O–H groups in total. The Morgan fingerprint density at radius 2 is 1.70 bits per heavy atom. The number of ether oxygens (including phenoxy) is 3. The van der Waals surface area contributed by atoms with Crippen molar-refractivity contribution in [2.45, 2.75) is 24.2 Å². The van der Waals surface area contributed by atoms with Crippen molar-refractivity contribution < 1.29 is 32.2 Å². The summed E-state index contributed by atoms with van der Waals surface area (Å²) in [5.74, 6) is -1.39. The van der Waals surface area contributed by atoms with Gasteiger partial charge in [0.25, 0.3) is 0 Å². The third kappa shape index (κ3) is 4.44. The lowest BCUT2D eigenvalue weighted by Gasteiger charge is -2.34. The number of rotatable bonds is 5. The first kappa shape index (κ1) is 22.1. The second-order valence-electron chi connectivity index (χ2n) is 7.19. The smallest absolute Gasteiger partial charge is 0.355 e. The quantitative estimate of drug-likeness (QED) is 0.632. The molecule has 1 saturated heterocycles. The molecule has 1 aromatic rings. The monoisotopic (exact) mass is 438 g/mol. The van der Waals surface area contributed by atoms with E-state index in [9.17, 15) is 18.0 Å². The Kier molecular flexibility index (Phi) is 6.67. The van der Waals surface area contributed by atoms with E-state index in [2.05, 4.69) is 0 Å². The number of carbonyl (C=O) groups excluding carboxylic acids is 2. The topological polar surface area (TPSA) is 102 Å². The van der Waals surface area contributed by atoms with Crippen LogP contribution in [0.15, 0.2) is 34.4 Å². The van der Waals surface area contributed by atoms with Gasteiger partial charge in [-0.2, -0.15) is 0 Å². The van der Waals surface area contributed by atoms with Crippen LogP contribution in [0.5, 0.6) is 0 Å². The van der Waals surface area contributed by atoms with Crippen molar-refractivity contribution in [3.63, 3.8) is 0 Å². The zero-order valence-corrected chi connectivity index (χ0v) is 18.2. The van der Waals surface area contributed by atoms with Crippen molar-refractivity contribution in [2.24, 2.45) is 0 Å². The number of methoxy groups -OCH3 is 2. The van der Waals surface area contributed by atoms with Crippen LogP contribution in [0, 0.1) is 0 Å². The molecule has 1 aromatic carbocycles. The van der Waals surface area contributed by atoms with Gasteiger partial charge in [0.05, 0.1) is 37.0 Å². The third-order valence-corrected chi connectivity index (χ3v) is 6.33. The number of carbonyl (C=O) groups is 2. The van der Waals surface area contributed by atoms with Crippen LogP contribution < -0.4 is 9.80 Å². The zero-order valence-electron chi connectivity index (χ0n) is 17.3. The first-order valence-electron chi connectivity index (χ1n) is 9.62. The fourth-order valence-corrected chi connectivity index (χ4v) is 4.60. The summed E-state index contributed by atoms with van der Waals surface area (Å²) in [6.07, 6.45) is 4.22. The molecule has 0 aromatic heterocycles. The van der Waals surface area contributed by atoms with Crippen molar-refractivity contribution in [2.75, 3.05) is 56.7 Å². The number of hydrogen-bond acceptors (Lipinski definition) is 9. The third-order valence-electron chi connectivity index (χ3n) is 5.18. The molecule has 0 spiro atoms. The van der Waals surface area contributed by atoms with Gasteiger partial charge in [0.1, 0.15) is 12.4 Å². The Morgan fingerprint density at radius 1 is 1.03 bits per heavy atom. The summed E-state index contributed by atoms with van der Waals surface area (Å²) in [6, 6.07) is 4.83. The van der Waals surface area contributed by atoms with Gasteiger partial charge in [0.2, 0.25) is 0 Å². The summed E-state index contributed by atoms with van der Waals surface area (Å²) in [4.78, 5) is 28.5. The summed E-state index contributed by atoms with van der Waals surface area (Å²) >= 11 is 0. The van der Waals surface area contributed by atoms with Gasteiger partial charge >= 0.3 is 11.9 Å². The molecule has 164 valence electrons. The minimum absolute atomic E-state index is 0.00257. The Hall–Kier alpha value is -2.59. The lowest BCUT2D eigenvalue weighted by molar-refractivity contribution is -0.140. The molecule has 0 unspecified atom stereocenters. The summed E-state index contributed by atoms with van der Waals surface area (Å²) in [5, 5.41) is 0. The van der Waals surface area contributed by atoms with Crippen LogP contribution in [0.4, 0.5) is 11.4 Å². The van der Waals surface area contributed by atoms with Crippen molar-refractivity contribution in [3.8, 4) is 0 Å². The van der Waals surface area contributed by atoms with Gasteiger partial charge in [-0.1, -0.05) is 0 Å². The Bertz CT molecular complexity index is 965. The Balaban J connectivity index is 2.13. The van der Waals surface area contributed by atoms with Gasteiger partial charge < -0.3 is 24.0 Å². The Morgan fingerprint density at radius 3 is 2.30 bits per heavy atom. The number of esters is 2. The molecule has 0 radical (unpaired) electrons. The molecule has 9 nitrogen and oxygen atoms in total. The fourth-order valence-electron chi connectivity index (χ4n) is 3.72. The molecule has 0 atom stereocenters. The highest BCUT2D eigenvalue weighted by molar-refractivity contribution is 7.90. The second-order valence-corrected chi connectivity index (χ2v) is 9.17. The van der Waals surface area contributed by atoms with E-state index in [1.165, 1.54) is 31.4 Å². The summed E-state index contributed by atoms with van der Waals surface area (Å²) in [6.45, 7) is 1.40. The highest BCUT2D eigenvalue weighted by atomic mass is 32.2. The number of benzene rings is 1. The van der Waals surface area contributed by atoms with Crippen LogP contribution in [0.3, 0.4) is 0 Å². The maximum atomic E-state index is 12.5. The highest BCUT2D eigenvalue weighted by Crippen LogP contribution is 2.35. The normalized spacial score (nSPS) is 17.7. The Labute approximate surface area is 176 Å². The van der Waals surface area contributed by atoms with E-state index in [4.69, 9.17) is 14.2 Å². The number of hydrogen-bond donors (Lipinski definition) is 0. The molecule has 3 rings (SSSR count). The van der Waals surface area contributed by atoms with E-state index in [1.54, 1.807) is 12.1 Å². The first-order chi connectivity index (χ1) is 14.3. The summed E-state index contributed by atoms with van der Waals surface area (Å²) in [5.41, 5.74) is 1.16. The van der Waals surface area contributed by atoms with Crippen LogP contribution in [-0.4, -0.2) is 67.3 Å². The molecule has 0 bridgehead atoms. The van der Waals surface area contributed by atoms with E-state index in [0.29, 0.717) is 11.4 Å². The molecular formula is C20H26N2O7S. The minimum atomic E-state index is -3.46. The fraction of sp³-hybridized carbons (Fsp3) is 0.500. The number of anilines is 2. The van der Waals surface area contributed by atoms with Gasteiger partial charge in [-0.3, -0.25) is 0 Å². The molecule has 2 heterocycles. The molecule has 1 fully saturated rings. The number of nitrogens with zero attached hydrogens (tertiary/aromatic N) is 2.